The first-order valence-corrected chi connectivity index (χ1v) is 13.9. The van der Waals surface area contributed by atoms with Crippen LogP contribution in [-0.2, 0) is 9.59 Å². The van der Waals surface area contributed by atoms with Gasteiger partial charge in [-0.25, -0.2) is 5.01 Å². The standard InChI is InChI=1S/C31H21ClN2O4S/c32-18-13-11-17(12-14-18)29(36)33(16-23(35)24-10-5-15-39-24)34-30(37)27-25-19-6-1-2-7-20(19)26(28(27)31(34)38)22-9-4-3-8-21(22)25/h1-15,25-28H,16H2/t25?,26?,27-,28+. The molecule has 8 rings (SSSR count). The van der Waals surface area contributed by atoms with Crippen LogP contribution in [0.15, 0.2) is 90.3 Å². The van der Waals surface area contributed by atoms with Gasteiger partial charge in [-0.05, 0) is 58.0 Å². The summed E-state index contributed by atoms with van der Waals surface area (Å²) >= 11 is 7.28. The summed E-state index contributed by atoms with van der Waals surface area (Å²) in [5.41, 5.74) is 4.38. The third kappa shape index (κ3) is 3.53. The van der Waals surface area contributed by atoms with Crippen molar-refractivity contribution in [3.05, 3.63) is 128 Å². The first kappa shape index (κ1) is 24.0. The Balaban J connectivity index is 1.34. The van der Waals surface area contributed by atoms with Gasteiger partial charge in [-0.2, -0.15) is 5.01 Å². The molecule has 3 amide bonds. The number of amides is 3. The zero-order chi connectivity index (χ0) is 26.8. The Morgan fingerprint density at radius 3 is 1.72 bits per heavy atom. The normalized spacial score (nSPS) is 22.3. The van der Waals surface area contributed by atoms with Crippen LogP contribution in [0.3, 0.4) is 0 Å². The van der Waals surface area contributed by atoms with Gasteiger partial charge in [0.25, 0.3) is 17.7 Å². The van der Waals surface area contributed by atoms with Gasteiger partial charge in [0.05, 0.1) is 16.7 Å². The van der Waals surface area contributed by atoms with E-state index in [1.165, 1.54) is 23.5 Å². The van der Waals surface area contributed by atoms with E-state index in [9.17, 15) is 19.2 Å². The maximum Gasteiger partial charge on any atom is 0.273 e. The molecule has 0 radical (unpaired) electrons. The molecule has 4 aromatic rings. The Hall–Kier alpha value is -4.07. The van der Waals surface area contributed by atoms with Gasteiger partial charge in [-0.1, -0.05) is 66.2 Å². The second-order valence-corrected chi connectivity index (χ2v) is 11.4. The number of hydrogen-bond donors (Lipinski definition) is 0. The molecule has 39 heavy (non-hydrogen) atoms. The van der Waals surface area contributed by atoms with E-state index in [4.69, 9.17) is 11.6 Å². The molecule has 8 heteroatoms. The van der Waals surface area contributed by atoms with Gasteiger partial charge in [-0.15, -0.1) is 11.3 Å². The van der Waals surface area contributed by atoms with Crippen molar-refractivity contribution in [3.8, 4) is 0 Å². The quantitative estimate of drug-likeness (QED) is 0.241. The van der Waals surface area contributed by atoms with E-state index in [1.807, 2.05) is 48.5 Å². The van der Waals surface area contributed by atoms with E-state index in [1.54, 1.807) is 29.6 Å². The highest BCUT2D eigenvalue weighted by Crippen LogP contribution is 2.61. The van der Waals surface area contributed by atoms with Crippen molar-refractivity contribution < 1.29 is 19.2 Å². The Bertz CT molecular complexity index is 1550. The number of hydrogen-bond acceptors (Lipinski definition) is 5. The predicted molar refractivity (Wildman–Crippen MR) is 147 cm³/mol. The fourth-order valence-corrected chi connectivity index (χ4v) is 7.31. The van der Waals surface area contributed by atoms with E-state index >= 15 is 0 Å². The molecule has 0 saturated carbocycles. The van der Waals surface area contributed by atoms with Gasteiger partial charge in [0.2, 0.25) is 0 Å². The number of hydrazine groups is 1. The topological polar surface area (TPSA) is 74.8 Å². The van der Waals surface area contributed by atoms with Gasteiger partial charge in [0.15, 0.2) is 5.78 Å². The summed E-state index contributed by atoms with van der Waals surface area (Å²) in [4.78, 5) is 56.0. The first-order valence-electron chi connectivity index (χ1n) is 12.6. The van der Waals surface area contributed by atoms with E-state index in [-0.39, 0.29) is 23.2 Å². The highest BCUT2D eigenvalue weighted by Gasteiger charge is 2.63. The highest BCUT2D eigenvalue weighted by molar-refractivity contribution is 7.12. The molecule has 1 fully saturated rings. The van der Waals surface area contributed by atoms with Gasteiger partial charge < -0.3 is 0 Å². The van der Waals surface area contributed by atoms with E-state index in [0.717, 1.165) is 32.3 Å². The zero-order valence-corrected chi connectivity index (χ0v) is 22.1. The lowest BCUT2D eigenvalue weighted by atomic mass is 9.55. The van der Waals surface area contributed by atoms with Crippen LogP contribution in [0.25, 0.3) is 0 Å². The van der Waals surface area contributed by atoms with Crippen LogP contribution in [-0.4, -0.2) is 40.1 Å². The monoisotopic (exact) mass is 552 g/mol. The fraction of sp³-hybridized carbons (Fsp3) is 0.161. The molecule has 2 atom stereocenters. The molecule has 1 aliphatic heterocycles. The van der Waals surface area contributed by atoms with E-state index in [0.29, 0.717) is 9.90 Å². The van der Waals surface area contributed by atoms with Crippen LogP contribution < -0.4 is 0 Å². The Labute approximate surface area is 233 Å². The van der Waals surface area contributed by atoms with E-state index < -0.39 is 36.1 Å². The summed E-state index contributed by atoms with van der Waals surface area (Å²) in [6.07, 6.45) is 0. The summed E-state index contributed by atoms with van der Waals surface area (Å²) in [5.74, 6) is -3.81. The number of nitrogens with zero attached hydrogens (tertiary/aromatic N) is 2. The van der Waals surface area contributed by atoms with Gasteiger partial charge >= 0.3 is 0 Å². The minimum atomic E-state index is -0.662. The molecule has 2 bridgehead atoms. The lowest BCUT2D eigenvalue weighted by Gasteiger charge is -2.45. The number of ketones is 1. The minimum absolute atomic E-state index is 0.225. The van der Waals surface area contributed by atoms with Gasteiger partial charge in [0.1, 0.15) is 6.54 Å². The van der Waals surface area contributed by atoms with Gasteiger partial charge in [-0.3, -0.25) is 19.2 Å². The molecule has 2 heterocycles. The molecule has 0 N–H and O–H groups in total. The molecular weight excluding hydrogens is 532 g/mol. The highest BCUT2D eigenvalue weighted by atomic mass is 35.5. The Morgan fingerprint density at radius 1 is 0.744 bits per heavy atom. The van der Waals surface area contributed by atoms with Crippen molar-refractivity contribution in [1.82, 2.24) is 10.0 Å². The van der Waals surface area contributed by atoms with Crippen molar-refractivity contribution in [1.29, 1.82) is 0 Å². The number of rotatable bonds is 5. The summed E-state index contributed by atoms with van der Waals surface area (Å²) < 4.78 is 0. The van der Waals surface area contributed by atoms with Crippen molar-refractivity contribution in [2.45, 2.75) is 11.8 Å². The lowest BCUT2D eigenvalue weighted by molar-refractivity contribution is -0.154. The number of Topliss-reactive ketones (excluding diaryl/α,β-unsaturated/α-hetero) is 1. The minimum Gasteiger partial charge on any atom is -0.291 e. The second-order valence-electron chi connectivity index (χ2n) is 10.0. The number of imide groups is 1. The van der Waals surface area contributed by atoms with Crippen LogP contribution in [0.4, 0.5) is 0 Å². The van der Waals surface area contributed by atoms with Crippen LogP contribution >= 0.6 is 22.9 Å². The number of carbonyl (C=O) groups excluding carboxylic acids is 4. The maximum atomic E-state index is 14.2. The van der Waals surface area contributed by atoms with Gasteiger partial charge in [0, 0.05) is 22.4 Å². The summed E-state index contributed by atoms with van der Waals surface area (Å²) in [7, 11) is 0. The second kappa shape index (κ2) is 9.00. The number of thiophene rings is 1. The number of benzene rings is 3. The number of halogens is 1. The van der Waals surface area contributed by atoms with Crippen molar-refractivity contribution >= 4 is 46.4 Å². The molecule has 192 valence electrons. The molecule has 0 spiro atoms. The molecule has 3 aliphatic carbocycles. The predicted octanol–water partition coefficient (Wildman–Crippen LogP) is 5.53. The molecule has 3 aromatic carbocycles. The van der Waals surface area contributed by atoms with Crippen molar-refractivity contribution in [2.75, 3.05) is 6.54 Å². The summed E-state index contributed by atoms with van der Waals surface area (Å²) in [6, 6.07) is 25.5. The third-order valence-corrected chi connectivity index (χ3v) is 9.24. The third-order valence-electron chi connectivity index (χ3n) is 8.08. The average Bonchev–Trinajstić information content (AvgIpc) is 3.59. The maximum absolute atomic E-state index is 14.2. The summed E-state index contributed by atoms with van der Waals surface area (Å²) in [6.45, 7) is -0.436. The smallest absolute Gasteiger partial charge is 0.273 e. The van der Waals surface area contributed by atoms with Crippen LogP contribution in [0.2, 0.25) is 5.02 Å². The van der Waals surface area contributed by atoms with E-state index in [2.05, 4.69) is 0 Å². The zero-order valence-electron chi connectivity index (χ0n) is 20.5. The van der Waals surface area contributed by atoms with Crippen molar-refractivity contribution in [3.63, 3.8) is 0 Å². The number of carbonyl (C=O) groups is 4. The largest absolute Gasteiger partial charge is 0.291 e. The Morgan fingerprint density at radius 2 is 1.26 bits per heavy atom. The molecule has 1 saturated heterocycles. The SMILES string of the molecule is O=C(CN(C(=O)c1ccc(Cl)cc1)N1C(=O)[C@@H]2C3c4ccccc4C(c4ccccc43)[C@@H]2C1=O)c1cccs1. The van der Waals surface area contributed by atoms with Crippen molar-refractivity contribution in [2.24, 2.45) is 11.8 Å². The first-order chi connectivity index (χ1) is 19.0. The summed E-state index contributed by atoms with van der Waals surface area (Å²) in [5, 5.41) is 4.20. The molecular formula is C31H21ClN2O4S. The molecule has 6 nitrogen and oxygen atoms in total. The lowest BCUT2D eigenvalue weighted by Crippen LogP contribution is -2.52. The average molecular weight is 553 g/mol. The molecule has 0 unspecified atom stereocenters. The Kier molecular flexibility index (Phi) is 5.54. The van der Waals surface area contributed by atoms with Crippen LogP contribution in [0, 0.1) is 11.8 Å². The molecule has 1 aromatic heterocycles. The fourth-order valence-electron chi connectivity index (χ4n) is 6.53. The molecule has 4 aliphatic rings. The van der Waals surface area contributed by atoms with Crippen LogP contribution in [0.1, 0.15) is 54.1 Å². The van der Waals surface area contributed by atoms with Crippen LogP contribution in [0.5, 0.6) is 0 Å².